The van der Waals surface area contributed by atoms with E-state index in [9.17, 15) is 8.42 Å². The van der Waals surface area contributed by atoms with Crippen LogP contribution in [0.5, 0.6) is 0 Å². The molecule has 0 saturated heterocycles. The van der Waals surface area contributed by atoms with E-state index < -0.39 is 10.0 Å². The molecule has 0 aromatic carbocycles. The first-order chi connectivity index (χ1) is 9.99. The number of thioether (sulfide) groups is 1. The molecular weight excluding hydrogens is 324 g/mol. The molecule has 2 N–H and O–H groups in total. The SMILES string of the molecule is CCCNCCc1ccc(S(=O)(=O)NCCC(C)SC)s1. The van der Waals surface area contributed by atoms with Gasteiger partial charge in [0.1, 0.15) is 4.21 Å². The number of sulfonamides is 1. The monoisotopic (exact) mass is 350 g/mol. The van der Waals surface area contributed by atoms with Gasteiger partial charge in [-0.2, -0.15) is 11.8 Å². The normalized spacial score (nSPS) is 13.5. The summed E-state index contributed by atoms with van der Waals surface area (Å²) < 4.78 is 27.4. The number of thiophene rings is 1. The lowest BCUT2D eigenvalue weighted by atomic mass is 10.3. The van der Waals surface area contributed by atoms with E-state index in [0.717, 1.165) is 37.2 Å². The van der Waals surface area contributed by atoms with E-state index in [-0.39, 0.29) is 0 Å². The van der Waals surface area contributed by atoms with Gasteiger partial charge in [0.05, 0.1) is 0 Å². The molecule has 0 saturated carbocycles. The fraction of sp³-hybridized carbons (Fsp3) is 0.714. The van der Waals surface area contributed by atoms with Crippen molar-refractivity contribution in [2.75, 3.05) is 25.9 Å². The second kappa shape index (κ2) is 9.84. The summed E-state index contributed by atoms with van der Waals surface area (Å²) in [7, 11) is -3.34. The second-order valence-electron chi connectivity index (χ2n) is 4.95. The number of hydrogen-bond acceptors (Lipinski definition) is 5. The predicted octanol–water partition coefficient (Wildman–Crippen LogP) is 2.71. The van der Waals surface area contributed by atoms with Crippen molar-refractivity contribution in [1.29, 1.82) is 0 Å². The van der Waals surface area contributed by atoms with Crippen LogP contribution in [0.25, 0.3) is 0 Å². The molecule has 1 atom stereocenters. The third-order valence-corrected chi connectivity index (χ3v) is 7.26. The van der Waals surface area contributed by atoms with Crippen molar-refractivity contribution in [3.8, 4) is 0 Å². The maximum atomic E-state index is 12.2. The standard InChI is InChI=1S/C14H26N2O2S3/c1-4-9-15-10-8-13-5-6-14(20-13)21(17,18)16-11-7-12(2)19-3/h5-6,12,15-16H,4,7-11H2,1-3H3. The lowest BCUT2D eigenvalue weighted by Crippen LogP contribution is -2.25. The second-order valence-corrected chi connectivity index (χ2v) is 9.39. The number of nitrogens with one attached hydrogen (secondary N) is 2. The molecule has 21 heavy (non-hydrogen) atoms. The first kappa shape index (κ1) is 19.0. The molecule has 0 aliphatic carbocycles. The molecule has 1 aromatic heterocycles. The van der Waals surface area contributed by atoms with E-state index in [2.05, 4.69) is 23.9 Å². The van der Waals surface area contributed by atoms with Gasteiger partial charge in [-0.05, 0) is 50.7 Å². The fourth-order valence-corrected chi connectivity index (χ4v) is 4.54. The maximum Gasteiger partial charge on any atom is 0.250 e. The van der Waals surface area contributed by atoms with E-state index in [1.807, 2.05) is 12.3 Å². The highest BCUT2D eigenvalue weighted by molar-refractivity contribution is 7.99. The van der Waals surface area contributed by atoms with Crippen molar-refractivity contribution in [1.82, 2.24) is 10.0 Å². The molecular formula is C14H26N2O2S3. The van der Waals surface area contributed by atoms with Gasteiger partial charge in [-0.3, -0.25) is 0 Å². The number of hydrogen-bond donors (Lipinski definition) is 2. The summed E-state index contributed by atoms with van der Waals surface area (Å²) in [5.41, 5.74) is 0. The van der Waals surface area contributed by atoms with Gasteiger partial charge >= 0.3 is 0 Å². The highest BCUT2D eigenvalue weighted by Gasteiger charge is 2.16. The van der Waals surface area contributed by atoms with E-state index in [0.29, 0.717) is 16.0 Å². The van der Waals surface area contributed by atoms with Crippen LogP contribution in [0, 0.1) is 0 Å². The van der Waals surface area contributed by atoms with Gasteiger partial charge in [0.15, 0.2) is 0 Å². The minimum Gasteiger partial charge on any atom is -0.316 e. The van der Waals surface area contributed by atoms with Crippen LogP contribution in [0.15, 0.2) is 16.3 Å². The van der Waals surface area contributed by atoms with E-state index in [1.54, 1.807) is 17.8 Å². The van der Waals surface area contributed by atoms with Crippen LogP contribution in [0.3, 0.4) is 0 Å². The Morgan fingerprint density at radius 1 is 1.29 bits per heavy atom. The average Bonchev–Trinajstić information content (AvgIpc) is 2.93. The number of rotatable bonds is 11. The Bertz CT molecular complexity index is 500. The Morgan fingerprint density at radius 2 is 2.05 bits per heavy atom. The van der Waals surface area contributed by atoms with Gasteiger partial charge < -0.3 is 5.32 Å². The summed E-state index contributed by atoms with van der Waals surface area (Å²) in [6.45, 7) is 6.63. The molecule has 122 valence electrons. The van der Waals surface area contributed by atoms with E-state index in [4.69, 9.17) is 0 Å². The molecule has 7 heteroatoms. The Labute approximate surface area is 137 Å². The van der Waals surface area contributed by atoms with Gasteiger partial charge in [-0.25, -0.2) is 13.1 Å². The third kappa shape index (κ3) is 7.15. The highest BCUT2D eigenvalue weighted by atomic mass is 32.2. The zero-order chi connectivity index (χ0) is 15.7. The maximum absolute atomic E-state index is 12.2. The molecule has 1 unspecified atom stereocenters. The van der Waals surface area contributed by atoms with Crippen LogP contribution >= 0.6 is 23.1 Å². The summed E-state index contributed by atoms with van der Waals surface area (Å²) in [5.74, 6) is 0. The summed E-state index contributed by atoms with van der Waals surface area (Å²) in [4.78, 5) is 1.11. The van der Waals surface area contributed by atoms with Crippen LogP contribution in [0.2, 0.25) is 0 Å². The molecule has 1 aromatic rings. The topological polar surface area (TPSA) is 58.2 Å². The Hall–Kier alpha value is -0.0800. The molecule has 0 amide bonds. The zero-order valence-corrected chi connectivity index (χ0v) is 15.5. The summed E-state index contributed by atoms with van der Waals surface area (Å²) in [5, 5.41) is 3.79. The van der Waals surface area contributed by atoms with Crippen LogP contribution in [-0.2, 0) is 16.4 Å². The molecule has 0 aliphatic rings. The summed E-state index contributed by atoms with van der Waals surface area (Å²) >= 11 is 3.12. The van der Waals surface area contributed by atoms with Crippen molar-refractivity contribution >= 4 is 33.1 Å². The van der Waals surface area contributed by atoms with Gasteiger partial charge in [-0.1, -0.05) is 13.8 Å². The van der Waals surface area contributed by atoms with Crippen molar-refractivity contribution in [3.63, 3.8) is 0 Å². The van der Waals surface area contributed by atoms with Crippen LogP contribution in [0.4, 0.5) is 0 Å². The Kier molecular flexibility index (Phi) is 8.89. The molecule has 4 nitrogen and oxygen atoms in total. The largest absolute Gasteiger partial charge is 0.316 e. The average molecular weight is 351 g/mol. The first-order valence-corrected chi connectivity index (χ1v) is 10.9. The molecule has 0 radical (unpaired) electrons. The van der Waals surface area contributed by atoms with Crippen molar-refractivity contribution in [2.45, 2.75) is 42.6 Å². The van der Waals surface area contributed by atoms with E-state index >= 15 is 0 Å². The molecule has 0 bridgehead atoms. The van der Waals surface area contributed by atoms with Gasteiger partial charge in [0.25, 0.3) is 0 Å². The van der Waals surface area contributed by atoms with Crippen molar-refractivity contribution in [2.24, 2.45) is 0 Å². The first-order valence-electron chi connectivity index (χ1n) is 7.31. The molecule has 0 spiro atoms. The highest BCUT2D eigenvalue weighted by Crippen LogP contribution is 2.21. The molecule has 1 heterocycles. The van der Waals surface area contributed by atoms with Crippen LogP contribution < -0.4 is 10.0 Å². The predicted molar refractivity (Wildman–Crippen MR) is 94.0 cm³/mol. The quantitative estimate of drug-likeness (QED) is 0.603. The lowest BCUT2D eigenvalue weighted by molar-refractivity contribution is 0.581. The lowest BCUT2D eigenvalue weighted by Gasteiger charge is -2.08. The summed E-state index contributed by atoms with van der Waals surface area (Å²) in [6.07, 6.45) is 4.88. The summed E-state index contributed by atoms with van der Waals surface area (Å²) in [6, 6.07) is 3.62. The molecule has 0 aliphatic heterocycles. The molecule has 0 fully saturated rings. The Balaban J connectivity index is 2.46. The van der Waals surface area contributed by atoms with Crippen molar-refractivity contribution < 1.29 is 8.42 Å². The van der Waals surface area contributed by atoms with Gasteiger partial charge in [0, 0.05) is 16.7 Å². The Morgan fingerprint density at radius 3 is 2.71 bits per heavy atom. The minimum absolute atomic E-state index is 0.421. The third-order valence-electron chi connectivity index (χ3n) is 3.12. The van der Waals surface area contributed by atoms with Crippen LogP contribution in [-0.4, -0.2) is 39.6 Å². The zero-order valence-electron chi connectivity index (χ0n) is 13.0. The molecule has 1 rings (SSSR count). The minimum atomic E-state index is -3.34. The van der Waals surface area contributed by atoms with Gasteiger partial charge in [-0.15, -0.1) is 11.3 Å². The smallest absolute Gasteiger partial charge is 0.250 e. The van der Waals surface area contributed by atoms with Crippen LogP contribution in [0.1, 0.15) is 31.6 Å². The fourth-order valence-electron chi connectivity index (χ4n) is 1.74. The van der Waals surface area contributed by atoms with Crippen molar-refractivity contribution in [3.05, 3.63) is 17.0 Å². The van der Waals surface area contributed by atoms with E-state index in [1.165, 1.54) is 11.3 Å². The van der Waals surface area contributed by atoms with Gasteiger partial charge in [0.2, 0.25) is 10.0 Å².